The lowest BCUT2D eigenvalue weighted by molar-refractivity contribution is -0.131. The molecule has 0 aliphatic rings. The van der Waals surface area contributed by atoms with Crippen molar-refractivity contribution in [2.45, 2.75) is 13.5 Å². The molecule has 0 spiro atoms. The van der Waals surface area contributed by atoms with Crippen molar-refractivity contribution in [1.29, 1.82) is 0 Å². The van der Waals surface area contributed by atoms with Crippen LogP contribution in [0.25, 0.3) is 6.08 Å². The molecular weight excluding hydrogens is 440 g/mol. The minimum atomic E-state index is -1.00. The van der Waals surface area contributed by atoms with Crippen LogP contribution in [0.1, 0.15) is 18.1 Å². The second-order valence-electron chi connectivity index (χ2n) is 4.85. The quantitative estimate of drug-likeness (QED) is 0.576. The van der Waals surface area contributed by atoms with Crippen LogP contribution in [0.3, 0.4) is 0 Å². The summed E-state index contributed by atoms with van der Waals surface area (Å²) in [6.07, 6.45) is 2.59. The highest BCUT2D eigenvalue weighted by Gasteiger charge is 2.12. The van der Waals surface area contributed by atoms with Crippen molar-refractivity contribution in [3.05, 3.63) is 62.5 Å². The Hall–Kier alpha value is -1.79. The van der Waals surface area contributed by atoms with E-state index in [2.05, 4.69) is 31.9 Å². The molecule has 0 aliphatic heterocycles. The van der Waals surface area contributed by atoms with Gasteiger partial charge in [-0.05, 0) is 64.3 Å². The summed E-state index contributed by atoms with van der Waals surface area (Å²) < 4.78 is 13.2. The third kappa shape index (κ3) is 5.39. The van der Waals surface area contributed by atoms with Crippen molar-refractivity contribution in [2.24, 2.45) is 0 Å². The lowest BCUT2D eigenvalue weighted by atomic mass is 10.2. The Morgan fingerprint density at radius 3 is 2.50 bits per heavy atom. The predicted molar refractivity (Wildman–Crippen MR) is 100 cm³/mol. The van der Waals surface area contributed by atoms with Crippen molar-refractivity contribution >= 4 is 43.9 Å². The molecule has 0 amide bonds. The van der Waals surface area contributed by atoms with Crippen LogP contribution in [0, 0.1) is 0 Å². The van der Waals surface area contributed by atoms with Gasteiger partial charge >= 0.3 is 5.97 Å². The highest BCUT2D eigenvalue weighted by atomic mass is 79.9. The van der Waals surface area contributed by atoms with E-state index in [-0.39, 0.29) is 0 Å². The van der Waals surface area contributed by atoms with E-state index in [0.29, 0.717) is 34.7 Å². The Labute approximate surface area is 157 Å². The van der Waals surface area contributed by atoms with Crippen LogP contribution in [0.4, 0.5) is 0 Å². The summed E-state index contributed by atoms with van der Waals surface area (Å²) in [4.78, 5) is 10.7. The number of aliphatic carboxylic acids is 1. The SMILES string of the molecule is CCOc1cc(C=CC(=O)O)cc(Br)c1OCc1ccc(Br)cc1. The van der Waals surface area contributed by atoms with Gasteiger partial charge < -0.3 is 14.6 Å². The topological polar surface area (TPSA) is 55.8 Å². The fourth-order valence-corrected chi connectivity index (χ4v) is 2.83. The molecule has 4 nitrogen and oxygen atoms in total. The van der Waals surface area contributed by atoms with Gasteiger partial charge in [0.2, 0.25) is 0 Å². The highest BCUT2D eigenvalue weighted by molar-refractivity contribution is 9.10. The molecule has 0 saturated heterocycles. The molecule has 0 atom stereocenters. The van der Waals surface area contributed by atoms with Gasteiger partial charge in [-0.15, -0.1) is 0 Å². The smallest absolute Gasteiger partial charge is 0.328 e. The Morgan fingerprint density at radius 2 is 1.88 bits per heavy atom. The molecule has 0 bridgehead atoms. The average molecular weight is 456 g/mol. The van der Waals surface area contributed by atoms with E-state index in [4.69, 9.17) is 14.6 Å². The monoisotopic (exact) mass is 454 g/mol. The summed E-state index contributed by atoms with van der Waals surface area (Å²) in [6.45, 7) is 2.76. The first-order chi connectivity index (χ1) is 11.5. The highest BCUT2D eigenvalue weighted by Crippen LogP contribution is 2.37. The minimum Gasteiger partial charge on any atom is -0.490 e. The van der Waals surface area contributed by atoms with E-state index < -0.39 is 5.97 Å². The summed E-state index contributed by atoms with van der Waals surface area (Å²) >= 11 is 6.87. The Bertz CT molecular complexity index is 739. The number of hydrogen-bond donors (Lipinski definition) is 1. The molecule has 6 heteroatoms. The maximum atomic E-state index is 10.7. The zero-order valence-corrected chi connectivity index (χ0v) is 16.1. The summed E-state index contributed by atoms with van der Waals surface area (Å²) in [7, 11) is 0. The van der Waals surface area contributed by atoms with Crippen molar-refractivity contribution in [1.82, 2.24) is 0 Å². The molecule has 126 valence electrons. The van der Waals surface area contributed by atoms with Crippen LogP contribution >= 0.6 is 31.9 Å². The molecule has 0 saturated carbocycles. The van der Waals surface area contributed by atoms with E-state index in [9.17, 15) is 4.79 Å². The number of hydrogen-bond acceptors (Lipinski definition) is 3. The molecule has 1 N–H and O–H groups in total. The number of halogens is 2. The van der Waals surface area contributed by atoms with Crippen molar-refractivity contribution < 1.29 is 19.4 Å². The maximum Gasteiger partial charge on any atom is 0.328 e. The van der Waals surface area contributed by atoms with Crippen LogP contribution in [0.2, 0.25) is 0 Å². The van der Waals surface area contributed by atoms with Crippen LogP contribution < -0.4 is 9.47 Å². The van der Waals surface area contributed by atoms with Crippen molar-refractivity contribution in [3.63, 3.8) is 0 Å². The summed E-state index contributed by atoms with van der Waals surface area (Å²) in [5, 5.41) is 8.74. The zero-order valence-electron chi connectivity index (χ0n) is 13.0. The molecule has 0 heterocycles. The number of rotatable bonds is 7. The summed E-state index contributed by atoms with van der Waals surface area (Å²) in [5.41, 5.74) is 1.74. The third-order valence-corrected chi connectivity index (χ3v) is 4.16. The van der Waals surface area contributed by atoms with Crippen molar-refractivity contribution in [2.75, 3.05) is 6.61 Å². The van der Waals surface area contributed by atoms with Gasteiger partial charge in [0.1, 0.15) is 6.61 Å². The normalized spacial score (nSPS) is 10.8. The van der Waals surface area contributed by atoms with E-state index in [1.165, 1.54) is 6.08 Å². The number of carboxylic acids is 1. The summed E-state index contributed by atoms with van der Waals surface area (Å²) in [6, 6.07) is 11.4. The van der Waals surface area contributed by atoms with Gasteiger partial charge in [-0.25, -0.2) is 4.79 Å². The first-order valence-electron chi connectivity index (χ1n) is 7.24. The number of carboxylic acid groups (broad SMARTS) is 1. The Morgan fingerprint density at radius 1 is 1.17 bits per heavy atom. The summed E-state index contributed by atoms with van der Waals surface area (Å²) in [5.74, 6) is 0.154. The van der Waals surface area contributed by atoms with Gasteiger partial charge in [-0.3, -0.25) is 0 Å². The molecule has 0 unspecified atom stereocenters. The fraction of sp³-hybridized carbons (Fsp3) is 0.167. The Balaban J connectivity index is 2.23. The second kappa shape index (κ2) is 8.89. The standard InChI is InChI=1S/C18H16Br2O4/c1-2-23-16-10-13(5-8-17(21)22)9-15(20)18(16)24-11-12-3-6-14(19)7-4-12/h3-10H,2,11H2,1H3,(H,21,22). The zero-order chi connectivity index (χ0) is 17.5. The average Bonchev–Trinajstić information content (AvgIpc) is 2.54. The molecule has 2 aromatic rings. The number of carbonyl (C=O) groups is 1. The molecule has 0 aromatic heterocycles. The van der Waals surface area contributed by atoms with E-state index in [1.54, 1.807) is 12.1 Å². The number of benzene rings is 2. The molecule has 0 aliphatic carbocycles. The molecule has 2 rings (SSSR count). The van der Waals surface area contributed by atoms with Gasteiger partial charge in [0.05, 0.1) is 11.1 Å². The van der Waals surface area contributed by atoms with Crippen LogP contribution in [-0.4, -0.2) is 17.7 Å². The lowest BCUT2D eigenvalue weighted by Crippen LogP contribution is -2.01. The third-order valence-electron chi connectivity index (χ3n) is 3.05. The lowest BCUT2D eigenvalue weighted by Gasteiger charge is -2.15. The first kappa shape index (κ1) is 18.5. The largest absolute Gasteiger partial charge is 0.490 e. The van der Waals surface area contributed by atoms with Gasteiger partial charge in [0, 0.05) is 10.5 Å². The van der Waals surface area contributed by atoms with Crippen molar-refractivity contribution in [3.8, 4) is 11.5 Å². The van der Waals surface area contributed by atoms with Crippen LogP contribution in [0.5, 0.6) is 11.5 Å². The first-order valence-corrected chi connectivity index (χ1v) is 8.82. The van der Waals surface area contributed by atoms with Gasteiger partial charge in [0.15, 0.2) is 11.5 Å². The maximum absolute atomic E-state index is 10.7. The Kier molecular flexibility index (Phi) is 6.87. The van der Waals surface area contributed by atoms with Crippen LogP contribution in [-0.2, 0) is 11.4 Å². The molecule has 0 radical (unpaired) electrons. The fourth-order valence-electron chi connectivity index (χ4n) is 1.99. The molecule has 24 heavy (non-hydrogen) atoms. The molecule has 2 aromatic carbocycles. The van der Waals surface area contributed by atoms with Gasteiger partial charge in [-0.2, -0.15) is 0 Å². The number of ether oxygens (including phenoxy) is 2. The minimum absolute atomic E-state index is 0.399. The van der Waals surface area contributed by atoms with E-state index in [0.717, 1.165) is 16.1 Å². The molecular formula is C18H16Br2O4. The predicted octanol–water partition coefficient (Wildman–Crippen LogP) is 5.29. The van der Waals surface area contributed by atoms with E-state index >= 15 is 0 Å². The molecule has 0 fully saturated rings. The second-order valence-corrected chi connectivity index (χ2v) is 6.62. The van der Waals surface area contributed by atoms with Gasteiger partial charge in [0.25, 0.3) is 0 Å². The van der Waals surface area contributed by atoms with Crippen LogP contribution in [0.15, 0.2) is 51.4 Å². The van der Waals surface area contributed by atoms with Gasteiger partial charge in [-0.1, -0.05) is 28.1 Å². The van der Waals surface area contributed by atoms with E-state index in [1.807, 2.05) is 31.2 Å².